The first-order chi connectivity index (χ1) is 9.33. The molecule has 2 rings (SSSR count). The summed E-state index contributed by atoms with van der Waals surface area (Å²) in [6.07, 6.45) is 1.13. The number of nitrogens with zero attached hydrogens (tertiary/aromatic N) is 1. The van der Waals surface area contributed by atoms with Crippen LogP contribution in [0, 0.1) is 10.1 Å². The molecule has 0 N–H and O–H groups in total. The van der Waals surface area contributed by atoms with Crippen LogP contribution in [0.2, 0.25) is 0 Å². The average Bonchev–Trinajstić information content (AvgIpc) is 3.18. The number of carbonyl (C=O) groups excluding carboxylic acids is 1. The van der Waals surface area contributed by atoms with E-state index < -0.39 is 26.0 Å². The summed E-state index contributed by atoms with van der Waals surface area (Å²) in [5.41, 5.74) is 0.349. The minimum Gasteiger partial charge on any atom is -0.772 e. The molecule has 0 amide bonds. The molecule has 0 spiro atoms. The number of carbonyl (C=O) groups is 1. The number of rotatable bonds is 5. The maximum absolute atomic E-state index is 11.4. The number of hydrogen-bond acceptors (Lipinski definition) is 5. The van der Waals surface area contributed by atoms with Gasteiger partial charge in [-0.2, -0.15) is 0 Å². The minimum absolute atomic E-state index is 0.0529. The second kappa shape index (κ2) is 5.23. The molecule has 1 aliphatic rings. The van der Waals surface area contributed by atoms with E-state index in [0.717, 1.165) is 6.07 Å². The third kappa shape index (κ3) is 2.36. The molecule has 1 unspecified atom stereocenters. The van der Waals surface area contributed by atoms with E-state index >= 15 is 0 Å². The molecule has 1 aromatic carbocycles. The van der Waals surface area contributed by atoms with Crippen molar-refractivity contribution >= 4 is 33.6 Å². The maximum Gasteiger partial charge on any atom is 0.274 e. The summed E-state index contributed by atoms with van der Waals surface area (Å²) >= 11 is 2.98. The van der Waals surface area contributed by atoms with Crippen LogP contribution in [0.4, 0.5) is 5.69 Å². The van der Waals surface area contributed by atoms with Gasteiger partial charge in [-0.15, -0.1) is 0 Å². The minimum atomic E-state index is -2.44. The molecule has 1 aliphatic carbocycles. The summed E-state index contributed by atoms with van der Waals surface area (Å²) in [7, 11) is 0. The monoisotopic (exact) mass is 316 g/mol. The van der Waals surface area contributed by atoms with Gasteiger partial charge in [0.1, 0.15) is 0 Å². The van der Waals surface area contributed by atoms with Crippen LogP contribution >= 0.6 is 11.6 Å². The van der Waals surface area contributed by atoms with Crippen molar-refractivity contribution in [1.82, 2.24) is 0 Å². The first-order valence-corrected chi connectivity index (χ1v) is 7.39. The predicted octanol–water partition coefficient (Wildman–Crippen LogP) is 2.40. The van der Waals surface area contributed by atoms with Gasteiger partial charge in [-0.05, 0) is 53.6 Å². The lowest BCUT2D eigenvalue weighted by atomic mass is 9.98. The van der Waals surface area contributed by atoms with Gasteiger partial charge < -0.3 is 4.55 Å². The molecular weight excluding hydrogens is 306 g/mol. The number of hydrogen-bond donors (Lipinski definition) is 0. The molecule has 0 radical (unpaired) electrons. The van der Waals surface area contributed by atoms with Crippen molar-refractivity contribution in [3.05, 3.63) is 38.9 Å². The van der Waals surface area contributed by atoms with E-state index in [1.165, 1.54) is 6.07 Å². The normalized spacial score (nSPS) is 17.6. The van der Waals surface area contributed by atoms with Gasteiger partial charge in [0.2, 0.25) is 0 Å². The van der Waals surface area contributed by atoms with Gasteiger partial charge in [0, 0.05) is 17.2 Å². The van der Waals surface area contributed by atoms with Crippen molar-refractivity contribution in [2.24, 2.45) is 0 Å². The highest BCUT2D eigenvalue weighted by atomic mass is 35.5. The van der Waals surface area contributed by atoms with Gasteiger partial charge in [-0.25, -0.2) is 0 Å². The quantitative estimate of drug-likeness (QED) is 0.359. The van der Waals surface area contributed by atoms with E-state index in [-0.39, 0.29) is 16.8 Å². The van der Waals surface area contributed by atoms with Crippen LogP contribution in [0.3, 0.4) is 0 Å². The number of halogens is 1. The summed E-state index contributed by atoms with van der Waals surface area (Å²) in [5, 5.41) is 10.4. The molecule has 1 aromatic rings. The van der Waals surface area contributed by atoms with Crippen molar-refractivity contribution in [3.63, 3.8) is 0 Å². The van der Waals surface area contributed by atoms with Gasteiger partial charge >= 0.3 is 0 Å². The molecule has 0 aliphatic heterocycles. The molecule has 6 nitrogen and oxygen atoms in total. The SMILES string of the molecule is CCc1cc(C2(S(=O)[O-])CC2)c([N+](=O)[O-])cc1C(=O)Cl. The summed E-state index contributed by atoms with van der Waals surface area (Å²) in [6.45, 7) is 1.77. The maximum atomic E-state index is 11.4. The zero-order valence-electron chi connectivity index (χ0n) is 10.6. The molecule has 0 bridgehead atoms. The van der Waals surface area contributed by atoms with Gasteiger partial charge in [-0.3, -0.25) is 19.1 Å². The number of nitro benzene ring substituents is 1. The smallest absolute Gasteiger partial charge is 0.274 e. The Kier molecular flexibility index (Phi) is 3.95. The first kappa shape index (κ1) is 15.1. The third-order valence-corrected chi connectivity index (χ3v) is 4.99. The van der Waals surface area contributed by atoms with Crippen molar-refractivity contribution in [3.8, 4) is 0 Å². The number of benzene rings is 1. The molecule has 0 aromatic heterocycles. The highest BCUT2D eigenvalue weighted by Crippen LogP contribution is 2.53. The molecule has 0 heterocycles. The molecule has 1 saturated carbocycles. The lowest BCUT2D eigenvalue weighted by Crippen LogP contribution is -2.17. The first-order valence-electron chi connectivity index (χ1n) is 5.94. The fraction of sp³-hybridized carbons (Fsp3) is 0.417. The van der Waals surface area contributed by atoms with Crippen molar-refractivity contribution < 1.29 is 18.5 Å². The van der Waals surface area contributed by atoms with Crippen LogP contribution in [0.1, 0.15) is 41.3 Å². The van der Waals surface area contributed by atoms with E-state index in [0.29, 0.717) is 24.8 Å². The molecular formula is C12H11ClNO5S-. The van der Waals surface area contributed by atoms with Gasteiger partial charge in [-0.1, -0.05) is 6.92 Å². The molecule has 20 heavy (non-hydrogen) atoms. The van der Waals surface area contributed by atoms with Crippen LogP contribution in [-0.2, 0) is 22.2 Å². The Morgan fingerprint density at radius 2 is 2.10 bits per heavy atom. The van der Waals surface area contributed by atoms with E-state index in [4.69, 9.17) is 11.6 Å². The Bertz CT molecular complexity index is 627. The fourth-order valence-electron chi connectivity index (χ4n) is 2.26. The second-order valence-corrected chi connectivity index (χ2v) is 6.23. The summed E-state index contributed by atoms with van der Waals surface area (Å²) < 4.78 is 21.5. The molecule has 108 valence electrons. The highest BCUT2D eigenvalue weighted by Gasteiger charge is 2.50. The lowest BCUT2D eigenvalue weighted by molar-refractivity contribution is -0.385. The lowest BCUT2D eigenvalue weighted by Gasteiger charge is -2.20. The third-order valence-electron chi connectivity index (χ3n) is 3.52. The summed E-state index contributed by atoms with van der Waals surface area (Å²) in [6, 6.07) is 2.51. The average molecular weight is 317 g/mol. The van der Waals surface area contributed by atoms with E-state index in [2.05, 4.69) is 0 Å². The Hall–Kier alpha value is -1.31. The van der Waals surface area contributed by atoms with Gasteiger partial charge in [0.15, 0.2) is 0 Å². The molecule has 1 fully saturated rings. The second-order valence-electron chi connectivity index (χ2n) is 4.64. The van der Waals surface area contributed by atoms with Crippen LogP contribution in [0.25, 0.3) is 0 Å². The molecule has 0 saturated heterocycles. The summed E-state index contributed by atoms with van der Waals surface area (Å²) in [4.78, 5) is 21.8. The fourth-order valence-corrected chi connectivity index (χ4v) is 3.22. The van der Waals surface area contributed by atoms with Crippen molar-refractivity contribution in [1.29, 1.82) is 0 Å². The number of aryl methyl sites for hydroxylation is 1. The van der Waals surface area contributed by atoms with Crippen LogP contribution in [-0.4, -0.2) is 18.9 Å². The predicted molar refractivity (Wildman–Crippen MR) is 72.5 cm³/mol. The Labute approximate surface area is 122 Å². The standard InChI is InChI=1S/C12H12ClNO5S/c1-2-7-5-9(12(3-4-12)20(18)19)10(14(16)17)6-8(7)11(13)15/h5-6H,2-4H2,1H3,(H,18,19)/p-1. The zero-order valence-corrected chi connectivity index (χ0v) is 12.1. The Morgan fingerprint density at radius 1 is 1.50 bits per heavy atom. The van der Waals surface area contributed by atoms with E-state index in [1.54, 1.807) is 6.92 Å². The van der Waals surface area contributed by atoms with Crippen molar-refractivity contribution in [2.45, 2.75) is 30.9 Å². The van der Waals surface area contributed by atoms with Gasteiger partial charge in [0.05, 0.1) is 9.67 Å². The topological polar surface area (TPSA) is 100 Å². The summed E-state index contributed by atoms with van der Waals surface area (Å²) in [5.74, 6) is 0. The molecule has 1 atom stereocenters. The largest absolute Gasteiger partial charge is 0.772 e. The van der Waals surface area contributed by atoms with E-state index in [1.807, 2.05) is 0 Å². The number of nitro groups is 1. The highest BCUT2D eigenvalue weighted by molar-refractivity contribution is 7.80. The van der Waals surface area contributed by atoms with E-state index in [9.17, 15) is 23.7 Å². The Balaban J connectivity index is 2.71. The van der Waals surface area contributed by atoms with Gasteiger partial charge in [0.25, 0.3) is 10.9 Å². The molecule has 8 heteroatoms. The zero-order chi connectivity index (χ0) is 15.1. The Morgan fingerprint density at radius 3 is 2.45 bits per heavy atom. The van der Waals surface area contributed by atoms with Crippen LogP contribution < -0.4 is 0 Å². The van der Waals surface area contributed by atoms with Crippen LogP contribution in [0.5, 0.6) is 0 Å². The van der Waals surface area contributed by atoms with Crippen molar-refractivity contribution in [2.75, 3.05) is 0 Å². The van der Waals surface area contributed by atoms with Crippen LogP contribution in [0.15, 0.2) is 12.1 Å².